The Morgan fingerprint density at radius 1 is 1.27 bits per heavy atom. The first kappa shape index (κ1) is 29.5. The molecular formula is C25H26F3N5O6S2. The molecule has 41 heavy (non-hydrogen) atoms. The van der Waals surface area contributed by atoms with E-state index in [1.165, 1.54) is 25.6 Å². The number of thiophene rings is 1. The van der Waals surface area contributed by atoms with Crippen molar-refractivity contribution in [2.75, 3.05) is 19.0 Å². The number of pyridine rings is 1. The number of carbonyl (C=O) groups excluding carboxylic acids is 1. The van der Waals surface area contributed by atoms with E-state index in [9.17, 15) is 31.5 Å². The molecule has 0 radical (unpaired) electrons. The molecule has 16 heteroatoms. The molecule has 0 spiro atoms. The number of alkyl halides is 3. The Labute approximate surface area is 237 Å². The van der Waals surface area contributed by atoms with Crippen molar-refractivity contribution in [2.24, 2.45) is 0 Å². The van der Waals surface area contributed by atoms with E-state index < -0.39 is 52.3 Å². The standard InChI is InChI=1S/C25H26F3N5O6S2/c1-12-15(23-21-13(5-6-38-23)3-4-20(33-21)25(26,27)28)9-19(40-12)22(35)16-10-30-11-31-24(16)32-14-7-17(34)18(8-14)39-41(36,37)29-2/h3-4,9-11,14,17-18,23,29,34H,5-8H2,1-2H3,(H,30,31,32)/t14-,17+,18-,23+/m1/s1. The van der Waals surface area contributed by atoms with E-state index in [1.807, 2.05) is 4.72 Å². The summed E-state index contributed by atoms with van der Waals surface area (Å²) in [5.41, 5.74) is 0.486. The topological polar surface area (TPSA) is 153 Å². The van der Waals surface area contributed by atoms with Crippen LogP contribution in [-0.4, -0.2) is 66.2 Å². The lowest BCUT2D eigenvalue weighted by Crippen LogP contribution is -2.31. The second-order valence-corrected chi connectivity index (χ2v) is 12.4. The van der Waals surface area contributed by atoms with Crippen LogP contribution in [0.4, 0.5) is 19.0 Å². The summed E-state index contributed by atoms with van der Waals surface area (Å²) in [5, 5.41) is 13.4. The van der Waals surface area contributed by atoms with E-state index in [0.29, 0.717) is 27.3 Å². The zero-order chi connectivity index (χ0) is 29.5. The Bertz CT molecular complexity index is 1570. The molecule has 11 nitrogen and oxygen atoms in total. The minimum Gasteiger partial charge on any atom is -0.390 e. The molecule has 0 amide bonds. The molecule has 3 N–H and O–H groups in total. The van der Waals surface area contributed by atoms with Crippen LogP contribution in [0.25, 0.3) is 0 Å². The predicted molar refractivity (Wildman–Crippen MR) is 141 cm³/mol. The van der Waals surface area contributed by atoms with Gasteiger partial charge in [0.25, 0.3) is 0 Å². The summed E-state index contributed by atoms with van der Waals surface area (Å²) in [5.74, 6) is -0.243. The first-order valence-corrected chi connectivity index (χ1v) is 14.8. The van der Waals surface area contributed by atoms with E-state index >= 15 is 0 Å². The van der Waals surface area contributed by atoms with Gasteiger partial charge in [-0.1, -0.05) is 6.07 Å². The number of aromatic nitrogens is 3. The van der Waals surface area contributed by atoms with Gasteiger partial charge in [0.2, 0.25) is 5.78 Å². The maximum Gasteiger partial charge on any atom is 0.433 e. The van der Waals surface area contributed by atoms with E-state index in [-0.39, 0.29) is 36.5 Å². The van der Waals surface area contributed by atoms with Crippen molar-refractivity contribution in [1.82, 2.24) is 19.7 Å². The number of anilines is 1. The smallest absolute Gasteiger partial charge is 0.390 e. The maximum atomic E-state index is 13.6. The van der Waals surface area contributed by atoms with Gasteiger partial charge in [0, 0.05) is 29.7 Å². The van der Waals surface area contributed by atoms with E-state index in [2.05, 4.69) is 20.3 Å². The molecule has 4 atom stereocenters. The fourth-order valence-corrected chi connectivity index (χ4v) is 6.55. The number of hydrogen-bond donors (Lipinski definition) is 3. The molecule has 3 aromatic heterocycles. The second kappa shape index (κ2) is 11.3. The summed E-state index contributed by atoms with van der Waals surface area (Å²) in [7, 11) is -2.82. The van der Waals surface area contributed by atoms with Gasteiger partial charge in [0.15, 0.2) is 0 Å². The highest BCUT2D eigenvalue weighted by Crippen LogP contribution is 2.39. The van der Waals surface area contributed by atoms with Gasteiger partial charge < -0.3 is 15.2 Å². The molecule has 220 valence electrons. The van der Waals surface area contributed by atoms with Gasteiger partial charge in [-0.05, 0) is 43.9 Å². The van der Waals surface area contributed by atoms with Gasteiger partial charge in [0.05, 0.1) is 28.8 Å². The Balaban J connectivity index is 1.38. The number of nitrogens with zero attached hydrogens (tertiary/aromatic N) is 3. The molecule has 3 aromatic rings. The van der Waals surface area contributed by atoms with E-state index in [1.54, 1.807) is 13.0 Å². The SMILES string of the molecule is CNS(=O)(=O)O[C@@H]1C[C@H](Nc2ncncc2C(=O)c2cc([C@@H]3OCCc4ccc(C(F)(F)F)nc43)c(C)s2)C[C@@H]1O. The Morgan fingerprint density at radius 3 is 2.78 bits per heavy atom. The normalized spacial score (nSPS) is 22.9. The molecule has 0 bridgehead atoms. The number of fused-ring (bicyclic) bond motifs is 1. The molecule has 2 aliphatic rings. The summed E-state index contributed by atoms with van der Waals surface area (Å²) >= 11 is 1.16. The van der Waals surface area contributed by atoms with Gasteiger partial charge in [-0.2, -0.15) is 26.3 Å². The molecule has 0 unspecified atom stereocenters. The summed E-state index contributed by atoms with van der Waals surface area (Å²) in [4.78, 5) is 26.6. The first-order chi connectivity index (χ1) is 19.4. The molecule has 4 heterocycles. The van der Waals surface area contributed by atoms with E-state index in [0.717, 1.165) is 17.4 Å². The molecule has 0 saturated heterocycles. The van der Waals surface area contributed by atoms with Crippen molar-refractivity contribution in [1.29, 1.82) is 0 Å². The first-order valence-electron chi connectivity index (χ1n) is 12.6. The second-order valence-electron chi connectivity index (χ2n) is 9.65. The summed E-state index contributed by atoms with van der Waals surface area (Å²) in [6, 6.07) is 3.51. The van der Waals surface area contributed by atoms with Crippen molar-refractivity contribution in [2.45, 2.75) is 56.7 Å². The van der Waals surface area contributed by atoms with Gasteiger partial charge in [0.1, 0.15) is 30.0 Å². The van der Waals surface area contributed by atoms with Crippen LogP contribution >= 0.6 is 11.3 Å². The highest BCUT2D eigenvalue weighted by molar-refractivity contribution is 7.84. The van der Waals surface area contributed by atoms with Crippen LogP contribution in [0.1, 0.15) is 61.6 Å². The average molecular weight is 614 g/mol. The van der Waals surface area contributed by atoms with Crippen LogP contribution in [0, 0.1) is 6.92 Å². The van der Waals surface area contributed by atoms with Crippen molar-refractivity contribution in [3.05, 3.63) is 68.6 Å². The fourth-order valence-electron chi connectivity index (χ4n) is 4.92. The maximum absolute atomic E-state index is 13.6. The van der Waals surface area contributed by atoms with Crippen LogP contribution in [-0.2, 0) is 31.8 Å². The number of aliphatic hydroxyl groups is 1. The lowest BCUT2D eigenvalue weighted by Gasteiger charge is -2.26. The third kappa shape index (κ3) is 6.27. The Kier molecular flexibility index (Phi) is 8.15. The number of aliphatic hydroxyl groups excluding tert-OH is 1. The predicted octanol–water partition coefficient (Wildman–Crippen LogP) is 2.94. The summed E-state index contributed by atoms with van der Waals surface area (Å²) in [6.07, 6.45) is -4.25. The van der Waals surface area contributed by atoms with Crippen LogP contribution in [0.15, 0.2) is 30.7 Å². The van der Waals surface area contributed by atoms with Gasteiger partial charge in [-0.15, -0.1) is 11.3 Å². The van der Waals surface area contributed by atoms with Gasteiger partial charge >= 0.3 is 16.5 Å². The van der Waals surface area contributed by atoms with Gasteiger partial charge in [-0.25, -0.2) is 15.0 Å². The minimum atomic E-state index is -4.61. The molecule has 1 saturated carbocycles. The minimum absolute atomic E-state index is 0.129. The summed E-state index contributed by atoms with van der Waals surface area (Å²) < 4.78 is 76.5. The number of aryl methyl sites for hydroxylation is 1. The molecule has 5 rings (SSSR count). The third-order valence-corrected chi connectivity index (χ3v) is 9.01. The average Bonchev–Trinajstić information content (AvgIpc) is 3.48. The fraction of sp³-hybridized carbons (Fsp3) is 0.440. The number of hydrogen-bond acceptors (Lipinski definition) is 11. The number of rotatable bonds is 8. The molecule has 1 fully saturated rings. The highest BCUT2D eigenvalue weighted by Gasteiger charge is 2.38. The van der Waals surface area contributed by atoms with Crippen molar-refractivity contribution in [3.8, 4) is 0 Å². The highest BCUT2D eigenvalue weighted by atomic mass is 32.2. The summed E-state index contributed by atoms with van der Waals surface area (Å²) in [6.45, 7) is 2.04. The van der Waals surface area contributed by atoms with Crippen molar-refractivity contribution >= 4 is 33.2 Å². The lowest BCUT2D eigenvalue weighted by molar-refractivity contribution is -0.141. The molecule has 0 aromatic carbocycles. The number of carbonyl (C=O) groups is 1. The molecule has 1 aliphatic heterocycles. The van der Waals surface area contributed by atoms with Crippen LogP contribution in [0.5, 0.6) is 0 Å². The van der Waals surface area contributed by atoms with Crippen LogP contribution in [0.2, 0.25) is 0 Å². The Hall–Kier alpha value is -3.02. The zero-order valence-electron chi connectivity index (χ0n) is 21.8. The van der Waals surface area contributed by atoms with Crippen molar-refractivity contribution < 1.29 is 40.4 Å². The third-order valence-electron chi connectivity index (χ3n) is 6.94. The number of ether oxygens (including phenoxy) is 1. The molecular weight excluding hydrogens is 587 g/mol. The number of ketones is 1. The van der Waals surface area contributed by atoms with Gasteiger partial charge in [-0.3, -0.25) is 8.98 Å². The zero-order valence-corrected chi connectivity index (χ0v) is 23.4. The van der Waals surface area contributed by atoms with Crippen molar-refractivity contribution in [3.63, 3.8) is 0 Å². The monoisotopic (exact) mass is 613 g/mol. The number of halogens is 3. The molecule has 1 aliphatic carbocycles. The largest absolute Gasteiger partial charge is 0.433 e. The Morgan fingerprint density at radius 2 is 2.05 bits per heavy atom. The quantitative estimate of drug-likeness (QED) is 0.323. The number of nitrogens with one attached hydrogen (secondary N) is 2. The lowest BCUT2D eigenvalue weighted by atomic mass is 9.97. The van der Waals surface area contributed by atoms with Crippen LogP contribution < -0.4 is 10.0 Å². The van der Waals surface area contributed by atoms with Crippen LogP contribution in [0.3, 0.4) is 0 Å². The van der Waals surface area contributed by atoms with E-state index in [4.69, 9.17) is 8.92 Å².